The summed E-state index contributed by atoms with van der Waals surface area (Å²) in [5, 5.41) is 8.86. The summed E-state index contributed by atoms with van der Waals surface area (Å²) in [6.07, 6.45) is 5.54. The minimum Gasteiger partial charge on any atom is -0.355 e. The molecule has 20 heavy (non-hydrogen) atoms. The molecule has 0 aromatic carbocycles. The van der Waals surface area contributed by atoms with Crippen molar-refractivity contribution in [1.82, 2.24) is 9.88 Å². The van der Waals surface area contributed by atoms with Gasteiger partial charge >= 0.3 is 0 Å². The Bertz CT molecular complexity index is 502. The monoisotopic (exact) mass is 270 g/mol. The average molecular weight is 270 g/mol. The van der Waals surface area contributed by atoms with E-state index < -0.39 is 0 Å². The maximum atomic E-state index is 8.86. The van der Waals surface area contributed by atoms with E-state index in [0.29, 0.717) is 17.6 Å². The Labute approximate surface area is 121 Å². The lowest BCUT2D eigenvalue weighted by molar-refractivity contribution is 0.158. The van der Waals surface area contributed by atoms with E-state index in [9.17, 15) is 0 Å². The van der Waals surface area contributed by atoms with Crippen molar-refractivity contribution in [2.24, 2.45) is 0 Å². The first-order valence-corrected chi connectivity index (χ1v) is 7.57. The highest BCUT2D eigenvalue weighted by Crippen LogP contribution is 2.33. The van der Waals surface area contributed by atoms with Gasteiger partial charge in [-0.2, -0.15) is 5.26 Å². The van der Waals surface area contributed by atoms with Gasteiger partial charge in [-0.1, -0.05) is 0 Å². The highest BCUT2D eigenvalue weighted by Gasteiger charge is 2.38. The van der Waals surface area contributed by atoms with Crippen LogP contribution in [0, 0.1) is 11.3 Å². The Morgan fingerprint density at radius 3 is 2.70 bits per heavy atom. The molecule has 106 valence electrons. The number of nitriles is 1. The maximum Gasteiger partial charge on any atom is 0.128 e. The van der Waals surface area contributed by atoms with Crippen LogP contribution in [0.25, 0.3) is 0 Å². The summed E-state index contributed by atoms with van der Waals surface area (Å²) in [7, 11) is 0. The lowest BCUT2D eigenvalue weighted by atomic mass is 10.1. The second-order valence-corrected chi connectivity index (χ2v) is 6.18. The Morgan fingerprint density at radius 1 is 1.25 bits per heavy atom. The van der Waals surface area contributed by atoms with Crippen LogP contribution in [0.3, 0.4) is 0 Å². The van der Waals surface area contributed by atoms with Gasteiger partial charge in [-0.25, -0.2) is 4.98 Å². The zero-order valence-electron chi connectivity index (χ0n) is 12.3. The van der Waals surface area contributed by atoms with E-state index in [2.05, 4.69) is 34.7 Å². The molecule has 0 amide bonds. The Hall–Kier alpha value is -1.60. The number of hydrogen-bond donors (Lipinski definition) is 0. The molecule has 1 aromatic heterocycles. The molecule has 2 fully saturated rings. The van der Waals surface area contributed by atoms with Crippen molar-refractivity contribution >= 4 is 5.82 Å². The molecule has 4 heteroatoms. The molecule has 0 saturated carbocycles. The number of nitrogens with zero attached hydrogens (tertiary/aromatic N) is 4. The molecule has 2 atom stereocenters. The van der Waals surface area contributed by atoms with Crippen LogP contribution in [0.5, 0.6) is 0 Å². The van der Waals surface area contributed by atoms with Crippen LogP contribution < -0.4 is 4.90 Å². The predicted octanol–water partition coefficient (Wildman–Crippen LogP) is 2.40. The Balaban J connectivity index is 1.78. The number of aromatic nitrogens is 1. The topological polar surface area (TPSA) is 43.2 Å². The van der Waals surface area contributed by atoms with Crippen molar-refractivity contribution in [3.05, 3.63) is 23.9 Å². The summed E-state index contributed by atoms with van der Waals surface area (Å²) >= 11 is 0. The molecule has 2 aliphatic rings. The third kappa shape index (κ3) is 2.38. The SMILES string of the molecule is CC(C)N1[C@H]2CC[C@H]1CN(c1ccc(C#N)cn1)CC2. The standard InChI is InChI=1S/C16H22N4/c1-12(2)20-14-4-5-15(20)11-19(8-7-14)16-6-3-13(9-17)10-18-16/h3,6,10,12,14-15H,4-5,7-8,11H2,1-2H3/t14-,15-/m0/s1. The summed E-state index contributed by atoms with van der Waals surface area (Å²) in [6.45, 7) is 6.75. The van der Waals surface area contributed by atoms with Gasteiger partial charge in [0, 0.05) is 37.4 Å². The van der Waals surface area contributed by atoms with Gasteiger partial charge in [0.1, 0.15) is 11.9 Å². The van der Waals surface area contributed by atoms with Crippen LogP contribution in [-0.2, 0) is 0 Å². The maximum absolute atomic E-state index is 8.86. The molecule has 3 rings (SSSR count). The second-order valence-electron chi connectivity index (χ2n) is 6.18. The van der Waals surface area contributed by atoms with Crippen molar-refractivity contribution in [2.45, 2.75) is 51.2 Å². The molecule has 0 spiro atoms. The second kappa shape index (κ2) is 5.41. The van der Waals surface area contributed by atoms with Crippen molar-refractivity contribution in [1.29, 1.82) is 5.26 Å². The normalized spacial score (nSPS) is 26.6. The minimum atomic E-state index is 0.626. The van der Waals surface area contributed by atoms with E-state index >= 15 is 0 Å². The predicted molar refractivity (Wildman–Crippen MR) is 79.6 cm³/mol. The van der Waals surface area contributed by atoms with E-state index in [0.717, 1.165) is 24.9 Å². The molecule has 0 unspecified atom stereocenters. The van der Waals surface area contributed by atoms with E-state index in [1.807, 2.05) is 12.1 Å². The first-order chi connectivity index (χ1) is 9.69. The van der Waals surface area contributed by atoms with E-state index in [4.69, 9.17) is 5.26 Å². The van der Waals surface area contributed by atoms with Gasteiger partial charge in [-0.05, 0) is 45.2 Å². The van der Waals surface area contributed by atoms with Crippen LogP contribution in [0.2, 0.25) is 0 Å². The van der Waals surface area contributed by atoms with Gasteiger partial charge in [0.2, 0.25) is 0 Å². The zero-order valence-corrected chi connectivity index (χ0v) is 12.3. The van der Waals surface area contributed by atoms with Crippen molar-refractivity contribution in [3.8, 4) is 6.07 Å². The fourth-order valence-electron chi connectivity index (χ4n) is 3.80. The molecule has 0 aliphatic carbocycles. The highest BCUT2D eigenvalue weighted by atomic mass is 15.3. The van der Waals surface area contributed by atoms with Gasteiger partial charge in [0.25, 0.3) is 0 Å². The number of pyridine rings is 1. The van der Waals surface area contributed by atoms with E-state index in [-0.39, 0.29) is 0 Å². The fourth-order valence-corrected chi connectivity index (χ4v) is 3.80. The smallest absolute Gasteiger partial charge is 0.128 e. The lowest BCUT2D eigenvalue weighted by Gasteiger charge is -2.32. The minimum absolute atomic E-state index is 0.626. The van der Waals surface area contributed by atoms with E-state index in [1.54, 1.807) is 6.20 Å². The zero-order chi connectivity index (χ0) is 14.1. The molecule has 0 radical (unpaired) electrons. The van der Waals surface area contributed by atoms with Crippen LogP contribution in [0.15, 0.2) is 18.3 Å². The number of anilines is 1. The summed E-state index contributed by atoms with van der Waals surface area (Å²) < 4.78 is 0. The molecule has 0 N–H and O–H groups in total. The molecular formula is C16H22N4. The fraction of sp³-hybridized carbons (Fsp3) is 0.625. The molecule has 2 saturated heterocycles. The summed E-state index contributed by atoms with van der Waals surface area (Å²) in [4.78, 5) is 9.54. The number of fused-ring (bicyclic) bond motifs is 2. The third-order valence-electron chi connectivity index (χ3n) is 4.64. The average Bonchev–Trinajstić information content (AvgIpc) is 2.74. The summed E-state index contributed by atoms with van der Waals surface area (Å²) in [5.41, 5.74) is 0.633. The van der Waals surface area contributed by atoms with Gasteiger partial charge in [-0.3, -0.25) is 4.90 Å². The van der Waals surface area contributed by atoms with Crippen molar-refractivity contribution in [2.75, 3.05) is 18.0 Å². The van der Waals surface area contributed by atoms with Gasteiger partial charge in [-0.15, -0.1) is 0 Å². The van der Waals surface area contributed by atoms with E-state index in [1.165, 1.54) is 19.3 Å². The largest absolute Gasteiger partial charge is 0.355 e. The first-order valence-electron chi connectivity index (χ1n) is 7.57. The summed E-state index contributed by atoms with van der Waals surface area (Å²) in [5.74, 6) is 1.01. The first kappa shape index (κ1) is 13.4. The van der Waals surface area contributed by atoms with Crippen LogP contribution in [0.1, 0.15) is 38.7 Å². The summed E-state index contributed by atoms with van der Waals surface area (Å²) in [6, 6.07) is 8.00. The highest BCUT2D eigenvalue weighted by molar-refractivity contribution is 5.42. The molecule has 2 bridgehead atoms. The Morgan fingerprint density at radius 2 is 2.05 bits per heavy atom. The third-order valence-corrected chi connectivity index (χ3v) is 4.64. The van der Waals surface area contributed by atoms with Crippen molar-refractivity contribution < 1.29 is 0 Å². The quantitative estimate of drug-likeness (QED) is 0.827. The number of rotatable bonds is 2. The Kier molecular flexibility index (Phi) is 3.62. The van der Waals surface area contributed by atoms with Crippen LogP contribution in [0.4, 0.5) is 5.82 Å². The van der Waals surface area contributed by atoms with Crippen molar-refractivity contribution in [3.63, 3.8) is 0 Å². The lowest BCUT2D eigenvalue weighted by Crippen LogP contribution is -2.43. The molecule has 2 aliphatic heterocycles. The molecule has 4 nitrogen and oxygen atoms in total. The van der Waals surface area contributed by atoms with Crippen LogP contribution in [-0.4, -0.2) is 41.1 Å². The van der Waals surface area contributed by atoms with Gasteiger partial charge in [0.05, 0.1) is 5.56 Å². The van der Waals surface area contributed by atoms with Crippen LogP contribution >= 0.6 is 0 Å². The molecule has 1 aromatic rings. The van der Waals surface area contributed by atoms with Gasteiger partial charge < -0.3 is 4.90 Å². The molecular weight excluding hydrogens is 248 g/mol. The van der Waals surface area contributed by atoms with Gasteiger partial charge in [0.15, 0.2) is 0 Å². The number of hydrogen-bond acceptors (Lipinski definition) is 4. The molecule has 3 heterocycles.